The minimum absolute atomic E-state index is 0.540. The van der Waals surface area contributed by atoms with E-state index >= 15 is 0 Å². The lowest BCUT2D eigenvalue weighted by Gasteiger charge is -1.92. The maximum atomic E-state index is 8.08. The number of hydrogen-bond donors (Lipinski definition) is 2. The van der Waals surface area contributed by atoms with Crippen molar-refractivity contribution in [2.24, 2.45) is 0 Å². The second kappa shape index (κ2) is 6.94. The van der Waals surface area contributed by atoms with Crippen LogP contribution in [0.3, 0.4) is 0 Å². The molecule has 0 aliphatic carbocycles. The highest BCUT2D eigenvalue weighted by Crippen LogP contribution is 1.71. The van der Waals surface area contributed by atoms with Gasteiger partial charge in [0.25, 0.3) is 6.07 Å². The van der Waals surface area contributed by atoms with Gasteiger partial charge >= 0.3 is 0 Å². The zero-order valence-electron chi connectivity index (χ0n) is 5.28. The molecule has 0 rings (SSSR count). The average molecular weight is 124 g/mol. The second-order valence-corrected chi connectivity index (χ2v) is 1.58. The van der Waals surface area contributed by atoms with Gasteiger partial charge in [0.1, 0.15) is 0 Å². The van der Waals surface area contributed by atoms with Crippen LogP contribution in [0.1, 0.15) is 12.8 Å². The Hall–Kier alpha value is -1.06. The number of nitrogens with zero attached hydrogens (tertiary/aromatic N) is 1. The lowest BCUT2D eigenvalue weighted by Crippen LogP contribution is -2.21. The number of nitrogens with one attached hydrogen (secondary N) is 2. The van der Waals surface area contributed by atoms with Crippen molar-refractivity contribution < 1.29 is 5.26 Å². The van der Waals surface area contributed by atoms with Crippen molar-refractivity contribution in [1.82, 2.24) is 5.32 Å². The SMILES string of the molecule is N#CCCNCCC#[NH+]. The van der Waals surface area contributed by atoms with Crippen molar-refractivity contribution in [3.8, 4) is 12.1 Å². The van der Waals surface area contributed by atoms with Gasteiger partial charge in [0, 0.05) is 19.5 Å². The van der Waals surface area contributed by atoms with E-state index < -0.39 is 0 Å². The number of rotatable bonds is 4. The molecule has 0 aliphatic rings. The van der Waals surface area contributed by atoms with E-state index in [1.54, 1.807) is 0 Å². The quantitative estimate of drug-likeness (QED) is 0.455. The fraction of sp³-hybridized carbons (Fsp3) is 0.667. The summed E-state index contributed by atoms with van der Waals surface area (Å²) in [7, 11) is 0. The molecule has 48 valence electrons. The summed E-state index contributed by atoms with van der Waals surface area (Å²) in [5.41, 5.74) is 0. The van der Waals surface area contributed by atoms with Gasteiger partial charge in [0.05, 0.1) is 12.5 Å². The van der Waals surface area contributed by atoms with Crippen LogP contribution in [0.2, 0.25) is 0 Å². The molecular formula is C6H10N3+. The number of hydrogen-bond acceptors (Lipinski definition) is 2. The first kappa shape index (κ1) is 7.94. The van der Waals surface area contributed by atoms with E-state index in [-0.39, 0.29) is 0 Å². The van der Waals surface area contributed by atoms with Crippen LogP contribution in [0, 0.1) is 17.4 Å². The average Bonchev–Trinajstić information content (AvgIpc) is 1.89. The van der Waals surface area contributed by atoms with E-state index in [2.05, 4.69) is 11.4 Å². The molecule has 3 heteroatoms. The largest absolute Gasteiger partial charge is 0.315 e. The van der Waals surface area contributed by atoms with Crippen molar-refractivity contribution in [3.05, 3.63) is 0 Å². The molecule has 2 N–H and O–H groups in total. The molecule has 3 nitrogen and oxygen atoms in total. The van der Waals surface area contributed by atoms with Crippen LogP contribution in [0.5, 0.6) is 0 Å². The third kappa shape index (κ3) is 6.94. The molecule has 0 atom stereocenters. The Bertz CT molecular complexity index is 112. The first-order valence-corrected chi connectivity index (χ1v) is 2.89. The van der Waals surface area contributed by atoms with Crippen LogP contribution in [0.15, 0.2) is 0 Å². The minimum Gasteiger partial charge on any atom is -0.315 e. The summed E-state index contributed by atoms with van der Waals surface area (Å²) >= 11 is 0. The van der Waals surface area contributed by atoms with Crippen LogP contribution in [-0.4, -0.2) is 13.1 Å². The van der Waals surface area contributed by atoms with Gasteiger partial charge in [-0.05, 0) is 0 Å². The first-order valence-electron chi connectivity index (χ1n) is 2.89. The lowest BCUT2D eigenvalue weighted by molar-refractivity contribution is -0.0946. The highest BCUT2D eigenvalue weighted by molar-refractivity contribution is 4.72. The predicted octanol–water partition coefficient (Wildman–Crippen LogP) is -1.35. The molecular weight excluding hydrogens is 114 g/mol. The van der Waals surface area contributed by atoms with E-state index in [1.807, 2.05) is 6.07 Å². The smallest absolute Gasteiger partial charge is 0.271 e. The molecule has 0 aromatic carbocycles. The van der Waals surface area contributed by atoms with Crippen LogP contribution < -0.4 is 10.6 Å². The summed E-state index contributed by atoms with van der Waals surface area (Å²) in [6.07, 6.45) is 1.17. The highest BCUT2D eigenvalue weighted by atomic mass is 14.8. The molecule has 0 amide bonds. The van der Waals surface area contributed by atoms with Gasteiger partial charge in [0.2, 0.25) is 0 Å². The summed E-state index contributed by atoms with van der Waals surface area (Å²) < 4.78 is 0. The van der Waals surface area contributed by atoms with E-state index in [4.69, 9.17) is 10.5 Å². The Morgan fingerprint density at radius 3 is 2.56 bits per heavy atom. The summed E-state index contributed by atoms with van der Waals surface area (Å²) in [6.45, 7) is 1.48. The fourth-order valence-electron chi connectivity index (χ4n) is 0.420. The van der Waals surface area contributed by atoms with E-state index in [1.165, 1.54) is 0 Å². The molecule has 0 radical (unpaired) electrons. The van der Waals surface area contributed by atoms with Gasteiger partial charge in [-0.3, -0.25) is 0 Å². The molecule has 0 fully saturated rings. The Balaban J connectivity index is 2.79. The molecule has 0 aliphatic heterocycles. The zero-order valence-corrected chi connectivity index (χ0v) is 5.28. The molecule has 9 heavy (non-hydrogen) atoms. The number of nitriles is 1. The molecule has 0 unspecified atom stereocenters. The topological polar surface area (TPSA) is 59.6 Å². The van der Waals surface area contributed by atoms with Crippen molar-refractivity contribution in [1.29, 1.82) is 5.26 Å². The lowest BCUT2D eigenvalue weighted by atomic mass is 10.4. The van der Waals surface area contributed by atoms with Gasteiger partial charge in [-0.1, -0.05) is 0 Å². The molecule has 0 saturated heterocycles. The van der Waals surface area contributed by atoms with Crippen molar-refractivity contribution >= 4 is 0 Å². The molecule has 0 aromatic heterocycles. The van der Waals surface area contributed by atoms with Gasteiger partial charge in [-0.2, -0.15) is 5.26 Å². The van der Waals surface area contributed by atoms with E-state index in [9.17, 15) is 0 Å². The predicted molar refractivity (Wildman–Crippen MR) is 32.6 cm³/mol. The van der Waals surface area contributed by atoms with Crippen LogP contribution in [-0.2, 0) is 0 Å². The van der Waals surface area contributed by atoms with Gasteiger partial charge in [0.15, 0.2) is 0 Å². The summed E-state index contributed by atoms with van der Waals surface area (Å²) in [5, 5.41) is 17.6. The maximum absolute atomic E-state index is 8.08. The fourth-order valence-corrected chi connectivity index (χ4v) is 0.420. The van der Waals surface area contributed by atoms with Crippen molar-refractivity contribution in [2.75, 3.05) is 13.1 Å². The Morgan fingerprint density at radius 1 is 1.33 bits per heavy atom. The minimum atomic E-state index is 0.540. The van der Waals surface area contributed by atoms with Crippen LogP contribution in [0.25, 0.3) is 0 Å². The summed E-state index contributed by atoms with van der Waals surface area (Å²) in [4.78, 5) is 0. The molecule has 0 bridgehead atoms. The standard InChI is InChI=1S/C6H9N3/c7-3-1-5-9-6-2-4-8/h9H,1-2,5-6H2/p+1. The Morgan fingerprint density at radius 2 is 2.00 bits per heavy atom. The molecule has 0 aromatic rings. The third-order valence-electron chi connectivity index (χ3n) is 0.840. The van der Waals surface area contributed by atoms with Gasteiger partial charge in [-0.25, -0.2) is 0 Å². The van der Waals surface area contributed by atoms with E-state index in [0.717, 1.165) is 13.1 Å². The zero-order chi connectivity index (χ0) is 6.95. The maximum Gasteiger partial charge on any atom is 0.271 e. The van der Waals surface area contributed by atoms with E-state index in [0.29, 0.717) is 12.8 Å². The monoisotopic (exact) mass is 124 g/mol. The second-order valence-electron chi connectivity index (χ2n) is 1.58. The summed E-state index contributed by atoms with van der Waals surface area (Å²) in [5.74, 6) is 0. The molecule has 0 spiro atoms. The van der Waals surface area contributed by atoms with Crippen LogP contribution >= 0.6 is 0 Å². The normalized spacial score (nSPS) is 7.78. The Kier molecular flexibility index (Phi) is 6.12. The summed E-state index contributed by atoms with van der Waals surface area (Å²) in [6, 6.07) is 4.26. The van der Waals surface area contributed by atoms with Gasteiger partial charge in [-0.15, -0.1) is 5.26 Å². The van der Waals surface area contributed by atoms with Crippen LogP contribution in [0.4, 0.5) is 0 Å². The van der Waals surface area contributed by atoms with Crippen molar-refractivity contribution in [2.45, 2.75) is 12.8 Å². The molecule has 0 heterocycles. The molecule has 0 saturated carbocycles. The van der Waals surface area contributed by atoms with Crippen molar-refractivity contribution in [3.63, 3.8) is 0 Å². The van der Waals surface area contributed by atoms with Gasteiger partial charge < -0.3 is 5.32 Å². The first-order chi connectivity index (χ1) is 4.41. The third-order valence-corrected chi connectivity index (χ3v) is 0.840. The highest BCUT2D eigenvalue weighted by Gasteiger charge is 1.85. The Labute approximate surface area is 54.9 Å².